The molecule has 0 heterocycles. The molecule has 104 valence electrons. The van der Waals surface area contributed by atoms with Gasteiger partial charge in [-0.3, -0.25) is 4.79 Å². The summed E-state index contributed by atoms with van der Waals surface area (Å²) in [7, 11) is 1.68. The molecule has 4 heteroatoms. The second-order valence-electron chi connectivity index (χ2n) is 5.84. The minimum absolute atomic E-state index is 0.153. The molecule has 0 radical (unpaired) electrons. The third kappa shape index (κ3) is 3.70. The summed E-state index contributed by atoms with van der Waals surface area (Å²) >= 11 is 3.42. The van der Waals surface area contributed by atoms with Crippen molar-refractivity contribution in [2.24, 2.45) is 17.8 Å². The highest BCUT2D eigenvalue weighted by molar-refractivity contribution is 9.09. The van der Waals surface area contributed by atoms with E-state index in [0.29, 0.717) is 12.5 Å². The van der Waals surface area contributed by atoms with Crippen molar-refractivity contribution < 1.29 is 9.53 Å². The molecule has 0 aromatic heterocycles. The molecule has 2 rings (SSSR count). The molecule has 1 N–H and O–H groups in total. The normalized spacial score (nSPS) is 31.6. The fraction of sp³-hybridized carbons (Fsp3) is 0.929. The van der Waals surface area contributed by atoms with E-state index < -0.39 is 0 Å². The number of halogens is 1. The summed E-state index contributed by atoms with van der Waals surface area (Å²) in [4.78, 5) is 12.1. The van der Waals surface area contributed by atoms with Gasteiger partial charge < -0.3 is 10.1 Å². The highest BCUT2D eigenvalue weighted by atomic mass is 79.9. The van der Waals surface area contributed by atoms with Gasteiger partial charge in [0, 0.05) is 18.9 Å². The molecule has 0 aromatic carbocycles. The Morgan fingerprint density at radius 3 is 2.83 bits per heavy atom. The number of amides is 1. The van der Waals surface area contributed by atoms with Crippen molar-refractivity contribution in [3.63, 3.8) is 0 Å². The first-order chi connectivity index (χ1) is 8.72. The molecule has 4 unspecified atom stereocenters. The van der Waals surface area contributed by atoms with E-state index in [1.165, 1.54) is 25.7 Å². The van der Waals surface area contributed by atoms with Crippen LogP contribution in [0.5, 0.6) is 0 Å². The van der Waals surface area contributed by atoms with Gasteiger partial charge in [-0.2, -0.15) is 0 Å². The molecule has 0 spiro atoms. The molecule has 2 aliphatic rings. The van der Waals surface area contributed by atoms with E-state index in [1.807, 2.05) is 0 Å². The predicted molar refractivity (Wildman–Crippen MR) is 75.8 cm³/mol. The molecule has 2 fully saturated rings. The zero-order valence-electron chi connectivity index (χ0n) is 11.2. The van der Waals surface area contributed by atoms with Gasteiger partial charge in [-0.05, 0) is 43.4 Å². The van der Waals surface area contributed by atoms with E-state index in [-0.39, 0.29) is 11.9 Å². The standard InChI is InChI=1S/C14H24BrNO2/c1-18-9-13(4-5-15)16-14(17)8-12-7-10-2-3-11(12)6-10/h10-13H,2-9H2,1H3,(H,16,17). The van der Waals surface area contributed by atoms with Crippen LogP contribution < -0.4 is 5.32 Å². The lowest BCUT2D eigenvalue weighted by atomic mass is 9.86. The van der Waals surface area contributed by atoms with E-state index in [1.54, 1.807) is 7.11 Å². The first-order valence-corrected chi connectivity index (χ1v) is 8.19. The van der Waals surface area contributed by atoms with E-state index in [2.05, 4.69) is 21.2 Å². The third-order valence-corrected chi connectivity index (χ3v) is 4.98. The van der Waals surface area contributed by atoms with Crippen molar-refractivity contribution in [3.8, 4) is 0 Å². The Labute approximate surface area is 118 Å². The Hall–Kier alpha value is -0.0900. The predicted octanol–water partition coefficient (Wildman–Crippen LogP) is 2.73. The Morgan fingerprint density at radius 1 is 1.44 bits per heavy atom. The highest BCUT2D eigenvalue weighted by Crippen LogP contribution is 2.49. The van der Waals surface area contributed by atoms with Gasteiger partial charge >= 0.3 is 0 Å². The van der Waals surface area contributed by atoms with E-state index >= 15 is 0 Å². The van der Waals surface area contributed by atoms with Crippen LogP contribution in [-0.4, -0.2) is 31.0 Å². The summed E-state index contributed by atoms with van der Waals surface area (Å²) < 4.78 is 5.14. The summed E-state index contributed by atoms with van der Waals surface area (Å²) in [6, 6.07) is 0.153. The summed E-state index contributed by atoms with van der Waals surface area (Å²) in [6.45, 7) is 0.605. The van der Waals surface area contributed by atoms with E-state index in [4.69, 9.17) is 4.74 Å². The zero-order chi connectivity index (χ0) is 13.0. The quantitative estimate of drug-likeness (QED) is 0.733. The van der Waals surface area contributed by atoms with E-state index in [9.17, 15) is 4.79 Å². The van der Waals surface area contributed by atoms with Gasteiger partial charge in [-0.25, -0.2) is 0 Å². The number of rotatable bonds is 7. The summed E-state index contributed by atoms with van der Waals surface area (Å²) in [5, 5.41) is 4.01. The lowest BCUT2D eigenvalue weighted by molar-refractivity contribution is -0.123. The number of alkyl halides is 1. The number of nitrogens with one attached hydrogen (secondary N) is 1. The number of fused-ring (bicyclic) bond motifs is 2. The third-order valence-electron chi connectivity index (χ3n) is 4.52. The van der Waals surface area contributed by atoms with Gasteiger partial charge in [-0.1, -0.05) is 22.4 Å². The molecule has 4 atom stereocenters. The van der Waals surface area contributed by atoms with Crippen LogP contribution in [0.2, 0.25) is 0 Å². The highest BCUT2D eigenvalue weighted by Gasteiger charge is 2.40. The maximum atomic E-state index is 12.1. The average molecular weight is 318 g/mol. The number of carbonyl (C=O) groups excluding carboxylic acids is 1. The molecule has 0 aromatic rings. The average Bonchev–Trinajstić information content (AvgIpc) is 2.91. The summed E-state index contributed by atoms with van der Waals surface area (Å²) in [6.07, 6.45) is 7.07. The molecule has 2 aliphatic carbocycles. The molecular weight excluding hydrogens is 294 g/mol. The number of hydrogen-bond acceptors (Lipinski definition) is 2. The lowest BCUT2D eigenvalue weighted by Gasteiger charge is -2.23. The number of methoxy groups -OCH3 is 1. The fourth-order valence-corrected chi connectivity index (χ4v) is 4.23. The van der Waals surface area contributed by atoms with Gasteiger partial charge in [0.1, 0.15) is 0 Å². The minimum Gasteiger partial charge on any atom is -0.383 e. The Kier molecular flexibility index (Phi) is 5.49. The molecule has 18 heavy (non-hydrogen) atoms. The lowest BCUT2D eigenvalue weighted by Crippen LogP contribution is -2.39. The van der Waals surface area contributed by atoms with Crippen LogP contribution in [0.1, 0.15) is 38.5 Å². The van der Waals surface area contributed by atoms with Crippen LogP contribution in [0, 0.1) is 17.8 Å². The summed E-state index contributed by atoms with van der Waals surface area (Å²) in [5.41, 5.74) is 0. The van der Waals surface area contributed by atoms with Crippen LogP contribution in [0.15, 0.2) is 0 Å². The monoisotopic (exact) mass is 317 g/mol. The first-order valence-electron chi connectivity index (χ1n) is 7.07. The fourth-order valence-electron chi connectivity index (χ4n) is 3.68. The number of hydrogen-bond donors (Lipinski definition) is 1. The minimum atomic E-state index is 0.153. The van der Waals surface area contributed by atoms with Gasteiger partial charge in [0.25, 0.3) is 0 Å². The van der Waals surface area contributed by atoms with Crippen molar-refractivity contribution in [2.75, 3.05) is 19.0 Å². The van der Waals surface area contributed by atoms with Crippen LogP contribution in [-0.2, 0) is 9.53 Å². The second-order valence-corrected chi connectivity index (χ2v) is 6.63. The topological polar surface area (TPSA) is 38.3 Å². The number of ether oxygens (including phenoxy) is 1. The Bertz CT molecular complexity index is 279. The van der Waals surface area contributed by atoms with Gasteiger partial charge in [0.05, 0.1) is 12.6 Å². The molecule has 2 saturated carbocycles. The van der Waals surface area contributed by atoms with Crippen molar-refractivity contribution in [2.45, 2.75) is 44.6 Å². The molecule has 3 nitrogen and oxygen atoms in total. The summed E-state index contributed by atoms with van der Waals surface area (Å²) in [5.74, 6) is 2.62. The van der Waals surface area contributed by atoms with Crippen LogP contribution >= 0.6 is 15.9 Å². The Balaban J connectivity index is 1.73. The maximum absolute atomic E-state index is 12.1. The van der Waals surface area contributed by atoms with Gasteiger partial charge in [-0.15, -0.1) is 0 Å². The Morgan fingerprint density at radius 2 is 2.28 bits per heavy atom. The van der Waals surface area contributed by atoms with Crippen LogP contribution in [0.25, 0.3) is 0 Å². The van der Waals surface area contributed by atoms with Crippen molar-refractivity contribution in [1.29, 1.82) is 0 Å². The molecule has 0 saturated heterocycles. The first kappa shape index (κ1) is 14.3. The van der Waals surface area contributed by atoms with Crippen molar-refractivity contribution in [1.82, 2.24) is 5.32 Å². The van der Waals surface area contributed by atoms with Gasteiger partial charge in [0.15, 0.2) is 0 Å². The molecule has 2 bridgehead atoms. The molecular formula is C14H24BrNO2. The number of carbonyl (C=O) groups is 1. The van der Waals surface area contributed by atoms with Crippen LogP contribution in [0.3, 0.4) is 0 Å². The maximum Gasteiger partial charge on any atom is 0.220 e. The van der Waals surface area contributed by atoms with E-state index in [0.717, 1.165) is 30.0 Å². The van der Waals surface area contributed by atoms with Crippen molar-refractivity contribution >= 4 is 21.8 Å². The van der Waals surface area contributed by atoms with Gasteiger partial charge in [0.2, 0.25) is 5.91 Å². The largest absolute Gasteiger partial charge is 0.383 e. The SMILES string of the molecule is COCC(CCBr)NC(=O)CC1CC2CCC1C2. The molecule has 0 aliphatic heterocycles. The van der Waals surface area contributed by atoms with Crippen molar-refractivity contribution in [3.05, 3.63) is 0 Å². The molecule has 1 amide bonds. The zero-order valence-corrected chi connectivity index (χ0v) is 12.7. The smallest absolute Gasteiger partial charge is 0.220 e. The van der Waals surface area contributed by atoms with Crippen LogP contribution in [0.4, 0.5) is 0 Å². The second kappa shape index (κ2) is 6.90.